The molecule has 6 nitrogen and oxygen atoms in total. The molecule has 0 aliphatic rings. The molecule has 3 aromatic rings. The van der Waals surface area contributed by atoms with Crippen molar-refractivity contribution in [2.24, 2.45) is 0 Å². The predicted molar refractivity (Wildman–Crippen MR) is 121 cm³/mol. The van der Waals surface area contributed by atoms with Crippen LogP contribution in [0.4, 0.5) is 0 Å². The van der Waals surface area contributed by atoms with Gasteiger partial charge in [-0.1, -0.05) is 42.1 Å². The fraction of sp³-hybridized carbons (Fsp3) is 0.261. The van der Waals surface area contributed by atoms with E-state index in [0.717, 1.165) is 17.7 Å². The second kappa shape index (κ2) is 10.1. The highest BCUT2D eigenvalue weighted by atomic mass is 32.2. The van der Waals surface area contributed by atoms with Gasteiger partial charge in [0, 0.05) is 13.1 Å². The number of benzene rings is 2. The maximum absolute atomic E-state index is 12.8. The van der Waals surface area contributed by atoms with Crippen molar-refractivity contribution < 1.29 is 9.53 Å². The van der Waals surface area contributed by atoms with Gasteiger partial charge in [0.1, 0.15) is 5.75 Å². The number of para-hydroxylation sites is 1. The minimum atomic E-state index is -0.398. The lowest BCUT2D eigenvalue weighted by Gasteiger charge is -2.15. The van der Waals surface area contributed by atoms with Crippen LogP contribution < -0.4 is 15.6 Å². The summed E-state index contributed by atoms with van der Waals surface area (Å²) < 4.78 is 6.71. The second-order valence-corrected chi connectivity index (χ2v) is 8.07. The number of amides is 1. The van der Waals surface area contributed by atoms with Crippen LogP contribution in [0.25, 0.3) is 10.9 Å². The monoisotopic (exact) mass is 423 g/mol. The summed E-state index contributed by atoms with van der Waals surface area (Å²) >= 11 is 1.27. The van der Waals surface area contributed by atoms with Gasteiger partial charge in [-0.2, -0.15) is 0 Å². The van der Waals surface area contributed by atoms with E-state index in [1.807, 2.05) is 43.3 Å². The van der Waals surface area contributed by atoms with Crippen molar-refractivity contribution in [2.45, 2.75) is 30.3 Å². The van der Waals surface area contributed by atoms with Crippen LogP contribution in [0.2, 0.25) is 0 Å². The highest BCUT2D eigenvalue weighted by Crippen LogP contribution is 2.22. The van der Waals surface area contributed by atoms with Gasteiger partial charge in [0.25, 0.3) is 5.56 Å². The Morgan fingerprint density at radius 3 is 2.70 bits per heavy atom. The van der Waals surface area contributed by atoms with Crippen molar-refractivity contribution in [1.82, 2.24) is 14.9 Å². The van der Waals surface area contributed by atoms with Crippen LogP contribution in [0, 0.1) is 0 Å². The Labute approximate surface area is 180 Å². The number of methoxy groups -OCH3 is 1. The number of allylic oxidation sites excluding steroid dienone is 1. The third-order valence-electron chi connectivity index (χ3n) is 4.66. The van der Waals surface area contributed by atoms with Crippen LogP contribution >= 0.6 is 11.8 Å². The molecule has 0 radical (unpaired) electrons. The van der Waals surface area contributed by atoms with E-state index in [-0.39, 0.29) is 11.5 Å². The van der Waals surface area contributed by atoms with E-state index in [1.165, 1.54) is 11.8 Å². The summed E-state index contributed by atoms with van der Waals surface area (Å²) in [5.74, 6) is 0.710. The summed E-state index contributed by atoms with van der Waals surface area (Å²) in [6.45, 7) is 6.41. The molecule has 1 amide bonds. The zero-order valence-corrected chi connectivity index (χ0v) is 17.9. The van der Waals surface area contributed by atoms with Crippen LogP contribution in [0.15, 0.2) is 71.1 Å². The van der Waals surface area contributed by atoms with Gasteiger partial charge in [-0.05, 0) is 43.2 Å². The zero-order chi connectivity index (χ0) is 21.5. The number of nitrogens with zero attached hydrogens (tertiary/aromatic N) is 2. The molecule has 1 atom stereocenters. The molecule has 0 aliphatic carbocycles. The standard InChI is InChI=1S/C23H25N3O3S/c1-4-15-26-22(28)19-7-5-6-8-20(19)25-23(26)30-16(2)21(27)24-14-13-17-9-11-18(29-3)12-10-17/h4-12,16H,1,13-15H2,2-3H3,(H,24,27)/t16-/m1/s1. The largest absolute Gasteiger partial charge is 0.497 e. The molecule has 1 heterocycles. The molecule has 0 unspecified atom stereocenters. The van der Waals surface area contributed by atoms with Crippen LogP contribution in [-0.4, -0.2) is 34.4 Å². The van der Waals surface area contributed by atoms with E-state index in [9.17, 15) is 9.59 Å². The molecule has 30 heavy (non-hydrogen) atoms. The Morgan fingerprint density at radius 2 is 2.00 bits per heavy atom. The van der Waals surface area contributed by atoms with Gasteiger partial charge in [-0.3, -0.25) is 14.2 Å². The molecule has 0 fully saturated rings. The number of nitrogens with one attached hydrogen (secondary N) is 1. The van der Waals surface area contributed by atoms with E-state index >= 15 is 0 Å². The molecule has 2 aromatic carbocycles. The summed E-state index contributed by atoms with van der Waals surface area (Å²) in [6.07, 6.45) is 2.38. The lowest BCUT2D eigenvalue weighted by atomic mass is 10.1. The van der Waals surface area contributed by atoms with Crippen molar-refractivity contribution in [3.05, 3.63) is 77.1 Å². The normalized spacial score (nSPS) is 11.8. The van der Waals surface area contributed by atoms with Crippen molar-refractivity contribution in [3.63, 3.8) is 0 Å². The quantitative estimate of drug-likeness (QED) is 0.324. The molecule has 1 N–H and O–H groups in total. The number of rotatable bonds is 9. The summed E-state index contributed by atoms with van der Waals surface area (Å²) in [6, 6.07) is 15.0. The number of carbonyl (C=O) groups is 1. The van der Waals surface area contributed by atoms with Crippen LogP contribution in [0.3, 0.4) is 0 Å². The van der Waals surface area contributed by atoms with Crippen LogP contribution in [-0.2, 0) is 17.8 Å². The SMILES string of the molecule is C=CCn1c(S[C@H](C)C(=O)NCCc2ccc(OC)cc2)nc2ccccc2c1=O. The Balaban J connectivity index is 1.66. The molecule has 156 valence electrons. The number of ether oxygens (including phenoxy) is 1. The Bertz CT molecular complexity index is 1090. The highest BCUT2D eigenvalue weighted by molar-refractivity contribution is 8.00. The zero-order valence-electron chi connectivity index (χ0n) is 17.1. The first-order valence-electron chi connectivity index (χ1n) is 9.71. The number of aromatic nitrogens is 2. The first kappa shape index (κ1) is 21.6. The average molecular weight is 424 g/mol. The summed E-state index contributed by atoms with van der Waals surface area (Å²) in [4.78, 5) is 30.0. The van der Waals surface area contributed by atoms with Crippen molar-refractivity contribution in [2.75, 3.05) is 13.7 Å². The molecule has 7 heteroatoms. The van der Waals surface area contributed by atoms with Crippen LogP contribution in [0.5, 0.6) is 5.75 Å². The Hall–Kier alpha value is -3.06. The maximum atomic E-state index is 12.8. The molecular formula is C23H25N3O3S. The molecule has 0 spiro atoms. The number of thioether (sulfide) groups is 1. The van der Waals surface area contributed by atoms with E-state index in [4.69, 9.17) is 4.74 Å². The van der Waals surface area contributed by atoms with Gasteiger partial charge < -0.3 is 10.1 Å². The summed E-state index contributed by atoms with van der Waals surface area (Å²) in [5, 5.41) is 3.62. The van der Waals surface area contributed by atoms with E-state index < -0.39 is 5.25 Å². The third-order valence-corrected chi connectivity index (χ3v) is 5.75. The molecule has 0 saturated carbocycles. The highest BCUT2D eigenvalue weighted by Gasteiger charge is 2.18. The number of hydrogen-bond donors (Lipinski definition) is 1. The Morgan fingerprint density at radius 1 is 1.27 bits per heavy atom. The lowest BCUT2D eigenvalue weighted by Crippen LogP contribution is -2.33. The number of carbonyl (C=O) groups excluding carboxylic acids is 1. The van der Waals surface area contributed by atoms with Crippen molar-refractivity contribution in [1.29, 1.82) is 0 Å². The Kier molecular flexibility index (Phi) is 7.30. The lowest BCUT2D eigenvalue weighted by molar-refractivity contribution is -0.120. The third kappa shape index (κ3) is 5.10. The van der Waals surface area contributed by atoms with Crippen molar-refractivity contribution >= 4 is 28.6 Å². The summed E-state index contributed by atoms with van der Waals surface area (Å²) in [5.41, 5.74) is 1.61. The average Bonchev–Trinajstić information content (AvgIpc) is 2.76. The second-order valence-electron chi connectivity index (χ2n) is 6.77. The van der Waals surface area contributed by atoms with Gasteiger partial charge in [0.2, 0.25) is 5.91 Å². The van der Waals surface area contributed by atoms with E-state index in [0.29, 0.717) is 29.1 Å². The number of fused-ring (bicyclic) bond motifs is 1. The molecule has 1 aromatic heterocycles. The minimum Gasteiger partial charge on any atom is -0.497 e. The maximum Gasteiger partial charge on any atom is 0.262 e. The minimum absolute atomic E-state index is 0.0962. The fourth-order valence-corrected chi connectivity index (χ4v) is 3.95. The smallest absolute Gasteiger partial charge is 0.262 e. The van der Waals surface area contributed by atoms with Gasteiger partial charge in [0.15, 0.2) is 5.16 Å². The molecule has 3 rings (SSSR count). The van der Waals surface area contributed by atoms with Gasteiger partial charge in [0.05, 0.1) is 23.3 Å². The molecule has 0 bridgehead atoms. The van der Waals surface area contributed by atoms with Gasteiger partial charge >= 0.3 is 0 Å². The van der Waals surface area contributed by atoms with E-state index in [2.05, 4.69) is 16.9 Å². The molecule has 0 saturated heterocycles. The first-order chi connectivity index (χ1) is 14.5. The summed E-state index contributed by atoms with van der Waals surface area (Å²) in [7, 11) is 1.63. The van der Waals surface area contributed by atoms with Crippen LogP contribution in [0.1, 0.15) is 12.5 Å². The predicted octanol–water partition coefficient (Wildman–Crippen LogP) is 3.43. The fourth-order valence-electron chi connectivity index (χ4n) is 3.01. The molecular weight excluding hydrogens is 398 g/mol. The first-order valence-corrected chi connectivity index (χ1v) is 10.6. The number of hydrogen-bond acceptors (Lipinski definition) is 5. The topological polar surface area (TPSA) is 73.2 Å². The van der Waals surface area contributed by atoms with Crippen molar-refractivity contribution in [3.8, 4) is 5.75 Å². The van der Waals surface area contributed by atoms with Gasteiger partial charge in [-0.25, -0.2) is 4.98 Å². The molecule has 0 aliphatic heterocycles. The van der Waals surface area contributed by atoms with Gasteiger partial charge in [-0.15, -0.1) is 6.58 Å². The van der Waals surface area contributed by atoms with E-state index in [1.54, 1.807) is 29.9 Å².